The van der Waals surface area contributed by atoms with E-state index in [4.69, 9.17) is 5.11 Å². The number of aromatic nitrogens is 3. The molecule has 0 bridgehead atoms. The summed E-state index contributed by atoms with van der Waals surface area (Å²) in [6, 6.07) is 1.45. The lowest BCUT2D eigenvalue weighted by atomic mass is 10.3. The highest BCUT2D eigenvalue weighted by Crippen LogP contribution is 2.19. The zero-order chi connectivity index (χ0) is 10.1. The zero-order valence-electron chi connectivity index (χ0n) is 6.80. The molecule has 2 heterocycles. The molecule has 0 aliphatic heterocycles. The van der Waals surface area contributed by atoms with E-state index in [-0.39, 0.29) is 5.56 Å². The predicted molar refractivity (Wildman–Crippen MR) is 49.0 cm³/mol. The monoisotopic (exact) mass is 211 g/mol. The maximum atomic E-state index is 11.2. The molecule has 2 N–H and O–H groups in total. The second-order valence-corrected chi connectivity index (χ2v) is 3.37. The highest BCUT2D eigenvalue weighted by Gasteiger charge is 2.14. The molecule has 0 radical (unpaired) electrons. The third-order valence-electron chi connectivity index (χ3n) is 1.65. The molecule has 0 unspecified atom stereocenters. The average molecular weight is 211 g/mol. The number of carbonyl (C=O) groups is 1. The molecule has 72 valence electrons. The van der Waals surface area contributed by atoms with Gasteiger partial charge in [0.15, 0.2) is 0 Å². The Hall–Kier alpha value is -1.89. The van der Waals surface area contributed by atoms with E-state index in [0.29, 0.717) is 5.00 Å². The molecule has 0 aliphatic carbocycles. The highest BCUT2D eigenvalue weighted by molar-refractivity contribution is 7.13. The van der Waals surface area contributed by atoms with Gasteiger partial charge in [0.1, 0.15) is 11.3 Å². The van der Waals surface area contributed by atoms with Crippen molar-refractivity contribution in [1.82, 2.24) is 14.8 Å². The van der Waals surface area contributed by atoms with Gasteiger partial charge in [0, 0.05) is 0 Å². The Labute approximate surface area is 81.4 Å². The lowest BCUT2D eigenvalue weighted by molar-refractivity contribution is 0.0697. The van der Waals surface area contributed by atoms with Crippen LogP contribution in [0.25, 0.3) is 5.00 Å². The number of nitrogens with zero attached hydrogens (tertiary/aromatic N) is 2. The molecule has 0 saturated carbocycles. The number of hydrogen-bond acceptors (Lipinski definition) is 4. The maximum absolute atomic E-state index is 11.2. The average Bonchev–Trinajstić information content (AvgIpc) is 2.70. The number of aromatic carboxylic acids is 1. The van der Waals surface area contributed by atoms with E-state index in [2.05, 4.69) is 10.2 Å². The molecule has 0 fully saturated rings. The second kappa shape index (κ2) is 3.11. The SMILES string of the molecule is O=C(O)c1ccsc1-n1cn[nH]c1=O. The standard InChI is InChI=1S/C7H5N3O3S/c11-6(12)4-1-2-14-5(4)10-3-8-9-7(10)13/h1-3H,(H,9,13)(H,11,12). The van der Waals surface area contributed by atoms with Crippen LogP contribution in [0.3, 0.4) is 0 Å². The smallest absolute Gasteiger partial charge is 0.348 e. The summed E-state index contributed by atoms with van der Waals surface area (Å²) < 4.78 is 1.16. The minimum Gasteiger partial charge on any atom is -0.478 e. The predicted octanol–water partition coefficient (Wildman–Crippen LogP) is 0.320. The van der Waals surface area contributed by atoms with Gasteiger partial charge in [-0.25, -0.2) is 19.3 Å². The zero-order valence-corrected chi connectivity index (χ0v) is 7.61. The molecule has 7 heteroatoms. The van der Waals surface area contributed by atoms with Gasteiger partial charge < -0.3 is 5.11 Å². The molecule has 0 saturated heterocycles. The fourth-order valence-electron chi connectivity index (χ4n) is 1.04. The van der Waals surface area contributed by atoms with E-state index in [1.807, 2.05) is 0 Å². The van der Waals surface area contributed by atoms with Gasteiger partial charge in [-0.3, -0.25) is 0 Å². The molecule has 2 rings (SSSR count). The summed E-state index contributed by atoms with van der Waals surface area (Å²) in [5, 5.41) is 16.5. The lowest BCUT2D eigenvalue weighted by Gasteiger charge is -1.96. The third kappa shape index (κ3) is 1.23. The Kier molecular flexibility index (Phi) is 1.93. The Morgan fingerprint density at radius 1 is 1.64 bits per heavy atom. The second-order valence-electron chi connectivity index (χ2n) is 2.48. The molecule has 0 atom stereocenters. The topological polar surface area (TPSA) is 88.0 Å². The minimum atomic E-state index is -1.06. The minimum absolute atomic E-state index is 0.0958. The van der Waals surface area contributed by atoms with Crippen molar-refractivity contribution in [2.45, 2.75) is 0 Å². The highest BCUT2D eigenvalue weighted by atomic mass is 32.1. The van der Waals surface area contributed by atoms with Gasteiger partial charge in [-0.1, -0.05) is 0 Å². The summed E-state index contributed by atoms with van der Waals surface area (Å²) in [4.78, 5) is 21.9. The van der Waals surface area contributed by atoms with Crippen LogP contribution in [0.2, 0.25) is 0 Å². The van der Waals surface area contributed by atoms with E-state index in [1.165, 1.54) is 23.7 Å². The van der Waals surface area contributed by atoms with Gasteiger partial charge in [0.2, 0.25) is 0 Å². The van der Waals surface area contributed by atoms with Crippen LogP contribution in [0.5, 0.6) is 0 Å². The van der Waals surface area contributed by atoms with Crippen molar-refractivity contribution < 1.29 is 9.90 Å². The van der Waals surface area contributed by atoms with Crippen molar-refractivity contribution in [2.24, 2.45) is 0 Å². The number of thiophene rings is 1. The summed E-state index contributed by atoms with van der Waals surface area (Å²) in [6.45, 7) is 0. The third-order valence-corrected chi connectivity index (χ3v) is 2.56. The molecule has 2 aromatic heterocycles. The van der Waals surface area contributed by atoms with Gasteiger partial charge in [0.25, 0.3) is 0 Å². The van der Waals surface area contributed by atoms with Crippen LogP contribution >= 0.6 is 11.3 Å². The first-order chi connectivity index (χ1) is 6.70. The van der Waals surface area contributed by atoms with Crippen LogP contribution < -0.4 is 5.69 Å². The Bertz CT molecular complexity index is 524. The van der Waals surface area contributed by atoms with E-state index >= 15 is 0 Å². The van der Waals surface area contributed by atoms with Crippen LogP contribution in [-0.4, -0.2) is 25.8 Å². The number of aromatic amines is 1. The van der Waals surface area contributed by atoms with Crippen LogP contribution in [0, 0.1) is 0 Å². The van der Waals surface area contributed by atoms with E-state index in [0.717, 1.165) is 4.57 Å². The molecule has 2 aromatic rings. The van der Waals surface area contributed by atoms with E-state index in [9.17, 15) is 9.59 Å². The number of nitrogens with one attached hydrogen (secondary N) is 1. The molecule has 14 heavy (non-hydrogen) atoms. The van der Waals surface area contributed by atoms with Crippen molar-refractivity contribution in [3.05, 3.63) is 33.8 Å². The van der Waals surface area contributed by atoms with Gasteiger partial charge in [-0.2, -0.15) is 5.10 Å². The fourth-order valence-corrected chi connectivity index (χ4v) is 1.90. The number of hydrogen-bond donors (Lipinski definition) is 2. The molecule has 0 spiro atoms. The van der Waals surface area contributed by atoms with Crippen LogP contribution in [-0.2, 0) is 0 Å². The molecule has 0 aromatic carbocycles. The van der Waals surface area contributed by atoms with Crippen molar-refractivity contribution in [3.63, 3.8) is 0 Å². The van der Waals surface area contributed by atoms with Crippen LogP contribution in [0.1, 0.15) is 10.4 Å². The van der Waals surface area contributed by atoms with Crippen molar-refractivity contribution in [2.75, 3.05) is 0 Å². The van der Waals surface area contributed by atoms with Crippen molar-refractivity contribution in [3.8, 4) is 5.00 Å². The largest absolute Gasteiger partial charge is 0.478 e. The van der Waals surface area contributed by atoms with Crippen LogP contribution in [0.15, 0.2) is 22.6 Å². The molecule has 0 amide bonds. The van der Waals surface area contributed by atoms with Gasteiger partial charge in [0.05, 0.1) is 5.56 Å². The Balaban J connectivity index is 2.63. The Morgan fingerprint density at radius 3 is 3.00 bits per heavy atom. The molecular weight excluding hydrogens is 206 g/mol. The van der Waals surface area contributed by atoms with E-state index in [1.54, 1.807) is 5.38 Å². The van der Waals surface area contributed by atoms with Crippen LogP contribution in [0.4, 0.5) is 0 Å². The maximum Gasteiger partial charge on any atom is 0.348 e. The van der Waals surface area contributed by atoms with Gasteiger partial charge in [-0.05, 0) is 11.4 Å². The Morgan fingerprint density at radius 2 is 2.43 bits per heavy atom. The first kappa shape index (κ1) is 8.70. The molecule has 0 aliphatic rings. The number of carboxylic acid groups (broad SMARTS) is 1. The number of rotatable bonds is 2. The number of carboxylic acids is 1. The first-order valence-corrected chi connectivity index (χ1v) is 4.51. The molecular formula is C7H5N3O3S. The first-order valence-electron chi connectivity index (χ1n) is 3.63. The quantitative estimate of drug-likeness (QED) is 0.748. The van der Waals surface area contributed by atoms with Crippen molar-refractivity contribution >= 4 is 17.3 Å². The normalized spacial score (nSPS) is 10.3. The fraction of sp³-hybridized carbons (Fsp3) is 0. The summed E-state index contributed by atoms with van der Waals surface area (Å²) in [5.41, 5.74) is -0.353. The number of H-pyrrole nitrogens is 1. The van der Waals surface area contributed by atoms with Crippen molar-refractivity contribution in [1.29, 1.82) is 0 Å². The van der Waals surface area contributed by atoms with Gasteiger partial charge in [-0.15, -0.1) is 11.3 Å². The van der Waals surface area contributed by atoms with E-state index < -0.39 is 11.7 Å². The summed E-state index contributed by atoms with van der Waals surface area (Å²) in [7, 11) is 0. The summed E-state index contributed by atoms with van der Waals surface area (Å²) >= 11 is 1.17. The van der Waals surface area contributed by atoms with Gasteiger partial charge >= 0.3 is 11.7 Å². The lowest BCUT2D eigenvalue weighted by Crippen LogP contribution is -2.15. The molecule has 6 nitrogen and oxygen atoms in total. The summed E-state index contributed by atoms with van der Waals surface area (Å²) in [5.74, 6) is -1.06. The summed E-state index contributed by atoms with van der Waals surface area (Å²) in [6.07, 6.45) is 1.25.